The molecule has 0 aliphatic carbocycles. The standard InChI is InChI=1S/C26H46O4Si2/c1-19(2)27-25(28-20(3)4)11-9-17-31-23-13-15-24(16-14-23)32-18-10-12-26(29-21(5)6)30-22(7)8/h13-16,19-22,25-26H,9-12,17-18H2,1-8H3. The first-order valence-corrected chi connectivity index (χ1v) is 14.8. The summed E-state index contributed by atoms with van der Waals surface area (Å²) in [6, 6.07) is 11.6. The van der Waals surface area contributed by atoms with E-state index in [9.17, 15) is 0 Å². The monoisotopic (exact) mass is 478 g/mol. The summed E-state index contributed by atoms with van der Waals surface area (Å²) in [5, 5.41) is 2.89. The van der Waals surface area contributed by atoms with Gasteiger partial charge in [-0.1, -0.05) is 59.6 Å². The van der Waals surface area contributed by atoms with Crippen LogP contribution in [-0.2, 0) is 18.9 Å². The zero-order chi connectivity index (χ0) is 23.9. The molecule has 0 bridgehead atoms. The Morgan fingerprint density at radius 1 is 0.531 bits per heavy atom. The lowest BCUT2D eigenvalue weighted by Gasteiger charge is -2.23. The maximum atomic E-state index is 5.89. The van der Waals surface area contributed by atoms with Gasteiger partial charge in [0.25, 0.3) is 0 Å². The molecule has 32 heavy (non-hydrogen) atoms. The average Bonchev–Trinajstić information content (AvgIpc) is 2.67. The Kier molecular flexibility index (Phi) is 15.7. The fourth-order valence-electron chi connectivity index (χ4n) is 3.26. The van der Waals surface area contributed by atoms with Crippen molar-refractivity contribution in [2.24, 2.45) is 0 Å². The second kappa shape index (κ2) is 17.0. The largest absolute Gasteiger partial charge is 0.350 e. The Hall–Kier alpha value is -0.506. The molecule has 0 unspecified atom stereocenters. The molecule has 4 nitrogen and oxygen atoms in total. The first-order chi connectivity index (χ1) is 15.2. The van der Waals surface area contributed by atoms with Gasteiger partial charge in [-0.3, -0.25) is 0 Å². The Labute approximate surface area is 202 Å². The molecule has 0 heterocycles. The van der Waals surface area contributed by atoms with Crippen LogP contribution in [-0.4, -0.2) is 56.0 Å². The fraction of sp³-hybridized carbons (Fsp3) is 0.769. The van der Waals surface area contributed by atoms with Crippen LogP contribution in [0.3, 0.4) is 0 Å². The SMILES string of the molecule is CC(C)OC(CCC[Si]c1ccc([Si]CCCC(OC(C)C)OC(C)C)cc1)OC(C)C. The van der Waals surface area contributed by atoms with E-state index in [0.717, 1.165) is 44.7 Å². The Morgan fingerprint density at radius 2 is 0.812 bits per heavy atom. The number of hydrogen-bond donors (Lipinski definition) is 0. The van der Waals surface area contributed by atoms with Crippen molar-refractivity contribution in [1.29, 1.82) is 0 Å². The van der Waals surface area contributed by atoms with E-state index in [4.69, 9.17) is 18.9 Å². The highest BCUT2D eigenvalue weighted by atomic mass is 28.2. The van der Waals surface area contributed by atoms with Gasteiger partial charge >= 0.3 is 0 Å². The molecule has 0 aliphatic rings. The van der Waals surface area contributed by atoms with E-state index in [0.29, 0.717) is 0 Å². The van der Waals surface area contributed by atoms with Gasteiger partial charge in [0, 0.05) is 0 Å². The third-order valence-corrected chi connectivity index (χ3v) is 7.16. The molecule has 1 aromatic carbocycles. The Morgan fingerprint density at radius 3 is 1.06 bits per heavy atom. The minimum absolute atomic E-state index is 0.0835. The van der Waals surface area contributed by atoms with E-state index in [1.54, 1.807) is 0 Å². The smallest absolute Gasteiger partial charge is 0.158 e. The van der Waals surface area contributed by atoms with Crippen LogP contribution in [0.25, 0.3) is 0 Å². The van der Waals surface area contributed by atoms with Gasteiger partial charge in [0.15, 0.2) is 12.6 Å². The Balaban J connectivity index is 2.29. The zero-order valence-electron chi connectivity index (χ0n) is 21.6. The summed E-state index contributed by atoms with van der Waals surface area (Å²) in [6.07, 6.45) is 4.82. The van der Waals surface area contributed by atoms with Gasteiger partial charge in [-0.15, -0.1) is 0 Å². The van der Waals surface area contributed by atoms with Gasteiger partial charge < -0.3 is 18.9 Å². The van der Waals surface area contributed by atoms with Crippen LogP contribution in [0, 0.1) is 0 Å². The molecule has 0 saturated carbocycles. The third kappa shape index (κ3) is 15.4. The third-order valence-electron chi connectivity index (χ3n) is 4.47. The summed E-state index contributed by atoms with van der Waals surface area (Å²) in [5.41, 5.74) is 0. The van der Waals surface area contributed by atoms with Crippen molar-refractivity contribution in [2.75, 3.05) is 0 Å². The second-order valence-corrected chi connectivity index (χ2v) is 12.2. The topological polar surface area (TPSA) is 36.9 Å². The van der Waals surface area contributed by atoms with E-state index in [2.05, 4.69) is 79.7 Å². The van der Waals surface area contributed by atoms with Crippen LogP contribution in [0.15, 0.2) is 24.3 Å². The van der Waals surface area contributed by atoms with E-state index >= 15 is 0 Å². The van der Waals surface area contributed by atoms with Crippen molar-refractivity contribution in [3.63, 3.8) is 0 Å². The maximum Gasteiger partial charge on any atom is 0.158 e. The second-order valence-electron chi connectivity index (χ2n) is 9.31. The van der Waals surface area contributed by atoms with Gasteiger partial charge in [0.2, 0.25) is 0 Å². The van der Waals surface area contributed by atoms with Gasteiger partial charge in [-0.2, -0.15) is 0 Å². The van der Waals surface area contributed by atoms with Crippen LogP contribution in [0.1, 0.15) is 81.1 Å². The van der Waals surface area contributed by atoms with Crippen LogP contribution in [0.4, 0.5) is 0 Å². The normalized spacial score (nSPS) is 12.4. The molecule has 0 fully saturated rings. The van der Waals surface area contributed by atoms with Gasteiger partial charge in [-0.05, 0) is 68.2 Å². The van der Waals surface area contributed by atoms with Gasteiger partial charge in [-0.25, -0.2) is 0 Å². The minimum Gasteiger partial charge on any atom is -0.350 e. The first-order valence-electron chi connectivity index (χ1n) is 12.3. The lowest BCUT2D eigenvalue weighted by atomic mass is 10.3. The van der Waals surface area contributed by atoms with Crippen molar-refractivity contribution in [1.82, 2.24) is 0 Å². The van der Waals surface area contributed by atoms with E-state index in [1.165, 1.54) is 22.5 Å². The molecule has 0 aromatic heterocycles. The highest BCUT2D eigenvalue weighted by Crippen LogP contribution is 2.13. The van der Waals surface area contributed by atoms with Crippen LogP contribution in [0.5, 0.6) is 0 Å². The fourth-order valence-corrected chi connectivity index (χ4v) is 5.40. The van der Waals surface area contributed by atoms with Gasteiger partial charge in [0.1, 0.15) is 0 Å². The van der Waals surface area contributed by atoms with Crippen LogP contribution in [0.2, 0.25) is 12.1 Å². The number of rotatable bonds is 18. The quantitative estimate of drug-likeness (QED) is 0.167. The summed E-state index contributed by atoms with van der Waals surface area (Å²) in [6.45, 7) is 16.5. The summed E-state index contributed by atoms with van der Waals surface area (Å²) in [5.74, 6) is 0. The van der Waals surface area contributed by atoms with Crippen LogP contribution >= 0.6 is 0 Å². The summed E-state index contributed by atoms with van der Waals surface area (Å²) in [4.78, 5) is 0. The molecule has 1 rings (SSSR count). The molecule has 0 spiro atoms. The molecule has 0 atom stereocenters. The molecular formula is C26H46O4Si2. The van der Waals surface area contributed by atoms with Crippen molar-refractivity contribution in [2.45, 2.75) is 130 Å². The summed E-state index contributed by atoms with van der Waals surface area (Å²) in [7, 11) is 1.69. The molecule has 4 radical (unpaired) electrons. The lowest BCUT2D eigenvalue weighted by Crippen LogP contribution is -2.25. The molecule has 0 N–H and O–H groups in total. The lowest BCUT2D eigenvalue weighted by molar-refractivity contribution is -0.184. The molecule has 6 heteroatoms. The molecule has 182 valence electrons. The van der Waals surface area contributed by atoms with Crippen molar-refractivity contribution >= 4 is 29.4 Å². The summed E-state index contributed by atoms with van der Waals surface area (Å²) >= 11 is 0. The molecule has 0 saturated heterocycles. The zero-order valence-corrected chi connectivity index (χ0v) is 23.6. The Bertz CT molecular complexity index is 505. The summed E-state index contributed by atoms with van der Waals surface area (Å²) < 4.78 is 23.6. The highest BCUT2D eigenvalue weighted by Gasteiger charge is 2.14. The molecule has 0 aliphatic heterocycles. The average molecular weight is 479 g/mol. The van der Waals surface area contributed by atoms with E-state index in [-0.39, 0.29) is 37.0 Å². The highest BCUT2D eigenvalue weighted by molar-refractivity contribution is 6.55. The molecule has 0 amide bonds. The van der Waals surface area contributed by atoms with Crippen LogP contribution < -0.4 is 10.4 Å². The number of benzene rings is 1. The van der Waals surface area contributed by atoms with Crippen molar-refractivity contribution in [3.8, 4) is 0 Å². The van der Waals surface area contributed by atoms with E-state index < -0.39 is 0 Å². The minimum atomic E-state index is -0.0835. The number of ether oxygens (including phenoxy) is 4. The maximum absolute atomic E-state index is 5.89. The predicted molar refractivity (Wildman–Crippen MR) is 138 cm³/mol. The van der Waals surface area contributed by atoms with E-state index in [1.807, 2.05) is 0 Å². The van der Waals surface area contributed by atoms with Gasteiger partial charge in [0.05, 0.1) is 43.5 Å². The molecule has 1 aromatic rings. The predicted octanol–water partition coefficient (Wildman–Crippen LogP) is 5.09. The first kappa shape index (κ1) is 29.5. The molecular weight excluding hydrogens is 432 g/mol. The number of hydrogen-bond acceptors (Lipinski definition) is 4. The van der Waals surface area contributed by atoms with Crippen molar-refractivity contribution < 1.29 is 18.9 Å². The van der Waals surface area contributed by atoms with Crippen molar-refractivity contribution in [3.05, 3.63) is 24.3 Å².